The van der Waals surface area contributed by atoms with Crippen LogP contribution in [0.25, 0.3) is 0 Å². The van der Waals surface area contributed by atoms with Gasteiger partial charge in [-0.25, -0.2) is 9.97 Å². The topological polar surface area (TPSA) is 25.8 Å². The fourth-order valence-corrected chi connectivity index (χ4v) is 1.35. The third-order valence-electron chi connectivity index (χ3n) is 1.72. The number of rotatable bonds is 1. The second kappa shape index (κ2) is 3.44. The minimum absolute atomic E-state index is 0.264. The van der Waals surface area contributed by atoms with Gasteiger partial charge in [-0.3, -0.25) is 0 Å². The highest BCUT2D eigenvalue weighted by molar-refractivity contribution is 5.08. The second-order valence-corrected chi connectivity index (χ2v) is 4.80. The normalized spacial score (nSPS) is 11.8. The van der Waals surface area contributed by atoms with Crippen molar-refractivity contribution in [2.24, 2.45) is 5.41 Å². The van der Waals surface area contributed by atoms with Crippen LogP contribution in [0.4, 0.5) is 0 Å². The number of nitrogens with zero attached hydrogens (tertiary/aromatic N) is 2. The molecule has 13 heavy (non-hydrogen) atoms. The highest BCUT2D eigenvalue weighted by Crippen LogP contribution is 2.18. The van der Waals surface area contributed by atoms with Crippen LogP contribution in [0.2, 0.25) is 0 Å². The summed E-state index contributed by atoms with van der Waals surface area (Å²) in [5.74, 6) is 0.963. The summed E-state index contributed by atoms with van der Waals surface area (Å²) in [6.45, 7) is 10.6. The van der Waals surface area contributed by atoms with Gasteiger partial charge in [-0.1, -0.05) is 20.8 Å². The Hall–Kier alpha value is -0.920. The molecule has 0 spiro atoms. The number of hydrogen-bond donors (Lipinski definition) is 0. The summed E-state index contributed by atoms with van der Waals surface area (Å²) in [4.78, 5) is 8.82. The van der Waals surface area contributed by atoms with Gasteiger partial charge in [-0.2, -0.15) is 0 Å². The van der Waals surface area contributed by atoms with Gasteiger partial charge in [0.2, 0.25) is 0 Å². The van der Waals surface area contributed by atoms with E-state index < -0.39 is 0 Å². The van der Waals surface area contributed by atoms with Crippen molar-refractivity contribution in [3.05, 3.63) is 23.3 Å². The van der Waals surface area contributed by atoms with Crippen LogP contribution < -0.4 is 0 Å². The molecule has 0 saturated heterocycles. The van der Waals surface area contributed by atoms with Gasteiger partial charge in [0.15, 0.2) is 0 Å². The van der Waals surface area contributed by atoms with Crippen molar-refractivity contribution in [2.45, 2.75) is 41.0 Å². The number of aromatic nitrogens is 2. The summed E-state index contributed by atoms with van der Waals surface area (Å²) in [5.41, 5.74) is 2.39. The van der Waals surface area contributed by atoms with Gasteiger partial charge in [0.25, 0.3) is 0 Å². The lowest BCUT2D eigenvalue weighted by atomic mass is 9.92. The average molecular weight is 178 g/mol. The van der Waals surface area contributed by atoms with E-state index in [4.69, 9.17) is 0 Å². The Morgan fingerprint density at radius 3 is 1.92 bits per heavy atom. The number of hydrogen-bond acceptors (Lipinski definition) is 2. The maximum atomic E-state index is 4.41. The first-order valence-electron chi connectivity index (χ1n) is 4.68. The van der Waals surface area contributed by atoms with Crippen LogP contribution in [-0.4, -0.2) is 9.97 Å². The highest BCUT2D eigenvalue weighted by Gasteiger charge is 2.13. The quantitative estimate of drug-likeness (QED) is 0.660. The SMILES string of the molecule is Cc1cc(C)nc(CC(C)(C)C)n1. The predicted molar refractivity (Wildman–Crippen MR) is 54.7 cm³/mol. The minimum Gasteiger partial charge on any atom is -0.238 e. The van der Waals surface area contributed by atoms with E-state index in [1.54, 1.807) is 0 Å². The van der Waals surface area contributed by atoms with Crippen molar-refractivity contribution in [1.29, 1.82) is 0 Å². The Morgan fingerprint density at radius 2 is 1.54 bits per heavy atom. The van der Waals surface area contributed by atoms with E-state index in [1.165, 1.54) is 0 Å². The van der Waals surface area contributed by atoms with Gasteiger partial charge >= 0.3 is 0 Å². The molecule has 2 heteroatoms. The van der Waals surface area contributed by atoms with Crippen LogP contribution in [0.1, 0.15) is 38.0 Å². The largest absolute Gasteiger partial charge is 0.238 e. The molecule has 0 bridgehead atoms. The third kappa shape index (κ3) is 3.53. The molecule has 1 aromatic heterocycles. The summed E-state index contributed by atoms with van der Waals surface area (Å²) < 4.78 is 0. The zero-order valence-electron chi connectivity index (χ0n) is 9.18. The summed E-state index contributed by atoms with van der Waals surface area (Å²) in [6.07, 6.45) is 0.940. The Morgan fingerprint density at radius 1 is 1.08 bits per heavy atom. The van der Waals surface area contributed by atoms with E-state index in [2.05, 4.69) is 30.7 Å². The smallest absolute Gasteiger partial charge is 0.129 e. The van der Waals surface area contributed by atoms with Crippen LogP contribution >= 0.6 is 0 Å². The van der Waals surface area contributed by atoms with Crippen molar-refractivity contribution in [1.82, 2.24) is 9.97 Å². The molecule has 0 aliphatic carbocycles. The highest BCUT2D eigenvalue weighted by atomic mass is 14.9. The molecule has 1 rings (SSSR count). The molecular formula is C11H18N2. The molecular weight excluding hydrogens is 160 g/mol. The Kier molecular flexibility index (Phi) is 2.69. The molecule has 0 unspecified atom stereocenters. The Bertz CT molecular complexity index is 277. The van der Waals surface area contributed by atoms with E-state index in [0.717, 1.165) is 23.6 Å². The first-order chi connectivity index (χ1) is 5.87. The number of aryl methyl sites for hydroxylation is 2. The maximum absolute atomic E-state index is 4.41. The monoisotopic (exact) mass is 178 g/mol. The molecule has 72 valence electrons. The predicted octanol–water partition coefficient (Wildman–Crippen LogP) is 2.68. The van der Waals surface area contributed by atoms with Crippen LogP contribution in [-0.2, 0) is 6.42 Å². The van der Waals surface area contributed by atoms with Crippen LogP contribution in [0.3, 0.4) is 0 Å². The lowest BCUT2D eigenvalue weighted by Crippen LogP contribution is -2.12. The fraction of sp³-hybridized carbons (Fsp3) is 0.636. The molecule has 0 atom stereocenters. The fourth-order valence-electron chi connectivity index (χ4n) is 1.35. The molecule has 0 aliphatic heterocycles. The van der Waals surface area contributed by atoms with Crippen molar-refractivity contribution in [3.63, 3.8) is 0 Å². The molecule has 1 aromatic rings. The van der Waals surface area contributed by atoms with E-state index in [9.17, 15) is 0 Å². The van der Waals surface area contributed by atoms with Gasteiger partial charge in [0.05, 0.1) is 0 Å². The van der Waals surface area contributed by atoms with E-state index in [0.29, 0.717) is 0 Å². The van der Waals surface area contributed by atoms with Crippen LogP contribution in [0.15, 0.2) is 6.07 Å². The summed E-state index contributed by atoms with van der Waals surface area (Å²) in [6, 6.07) is 2.01. The van der Waals surface area contributed by atoms with Crippen molar-refractivity contribution in [2.75, 3.05) is 0 Å². The zero-order valence-corrected chi connectivity index (χ0v) is 9.18. The third-order valence-corrected chi connectivity index (χ3v) is 1.72. The molecule has 0 saturated carbocycles. The zero-order chi connectivity index (χ0) is 10.1. The van der Waals surface area contributed by atoms with Gasteiger partial charge in [0, 0.05) is 17.8 Å². The van der Waals surface area contributed by atoms with Crippen LogP contribution in [0.5, 0.6) is 0 Å². The van der Waals surface area contributed by atoms with Gasteiger partial charge in [-0.05, 0) is 25.3 Å². The van der Waals surface area contributed by atoms with Crippen molar-refractivity contribution < 1.29 is 0 Å². The molecule has 0 aromatic carbocycles. The lowest BCUT2D eigenvalue weighted by molar-refractivity contribution is 0.400. The second-order valence-electron chi connectivity index (χ2n) is 4.80. The van der Waals surface area contributed by atoms with E-state index in [-0.39, 0.29) is 5.41 Å². The first kappa shape index (κ1) is 10.2. The lowest BCUT2D eigenvalue weighted by Gasteiger charge is -2.16. The molecule has 1 heterocycles. The van der Waals surface area contributed by atoms with E-state index >= 15 is 0 Å². The molecule has 0 N–H and O–H groups in total. The van der Waals surface area contributed by atoms with Gasteiger partial charge in [0.1, 0.15) is 5.82 Å². The van der Waals surface area contributed by atoms with Crippen molar-refractivity contribution >= 4 is 0 Å². The molecule has 0 amide bonds. The first-order valence-corrected chi connectivity index (χ1v) is 4.68. The summed E-state index contributed by atoms with van der Waals surface area (Å²) in [5, 5.41) is 0. The Balaban J connectivity index is 2.90. The van der Waals surface area contributed by atoms with Crippen LogP contribution in [0, 0.1) is 19.3 Å². The molecule has 0 radical (unpaired) electrons. The van der Waals surface area contributed by atoms with E-state index in [1.807, 2.05) is 19.9 Å². The standard InChI is InChI=1S/C11H18N2/c1-8-6-9(2)13-10(12-8)7-11(3,4)5/h6H,7H2,1-5H3. The summed E-state index contributed by atoms with van der Waals surface area (Å²) >= 11 is 0. The minimum atomic E-state index is 0.264. The molecule has 2 nitrogen and oxygen atoms in total. The van der Waals surface area contributed by atoms with Gasteiger partial charge in [-0.15, -0.1) is 0 Å². The average Bonchev–Trinajstić information content (AvgIpc) is 1.78. The Labute approximate surface area is 80.4 Å². The maximum Gasteiger partial charge on any atom is 0.129 e. The van der Waals surface area contributed by atoms with Gasteiger partial charge < -0.3 is 0 Å². The molecule has 0 aliphatic rings. The van der Waals surface area contributed by atoms with Crippen molar-refractivity contribution in [3.8, 4) is 0 Å². The summed E-state index contributed by atoms with van der Waals surface area (Å²) in [7, 11) is 0. The molecule has 0 fully saturated rings.